The zero-order valence-corrected chi connectivity index (χ0v) is 11.3. The van der Waals surface area contributed by atoms with Gasteiger partial charge in [0.2, 0.25) is 5.91 Å². The Morgan fingerprint density at radius 3 is 2.94 bits per heavy atom. The number of carbonyl (C=O) groups excluding carboxylic acids is 1. The highest BCUT2D eigenvalue weighted by atomic mass is 16.3. The van der Waals surface area contributed by atoms with Gasteiger partial charge in [-0.25, -0.2) is 0 Å². The SMILES string of the molecule is CC[C@H](C)NC(=O)/C=C/c1ccc([C@H]2C[C@H]2C)o1. The number of carbonyl (C=O) groups is 1. The summed E-state index contributed by atoms with van der Waals surface area (Å²) >= 11 is 0. The minimum atomic E-state index is -0.0675. The molecule has 0 aliphatic heterocycles. The zero-order chi connectivity index (χ0) is 13.1. The number of rotatable bonds is 5. The maximum Gasteiger partial charge on any atom is 0.244 e. The maximum absolute atomic E-state index is 11.6. The van der Waals surface area contributed by atoms with Crippen LogP contribution in [0.5, 0.6) is 0 Å². The predicted octanol–water partition coefficient (Wildman–Crippen LogP) is 3.33. The molecule has 0 aromatic carbocycles. The third-order valence-electron chi connectivity index (χ3n) is 3.52. The first-order chi connectivity index (χ1) is 8.60. The lowest BCUT2D eigenvalue weighted by Crippen LogP contribution is -2.30. The van der Waals surface area contributed by atoms with Gasteiger partial charge in [0.1, 0.15) is 11.5 Å². The normalized spacial score (nSPS) is 24.2. The second-order valence-electron chi connectivity index (χ2n) is 5.21. The third kappa shape index (κ3) is 3.25. The largest absolute Gasteiger partial charge is 0.461 e. The van der Waals surface area contributed by atoms with E-state index in [-0.39, 0.29) is 11.9 Å². The Balaban J connectivity index is 1.88. The molecule has 1 heterocycles. The molecule has 0 bridgehead atoms. The Hall–Kier alpha value is -1.51. The Morgan fingerprint density at radius 1 is 1.61 bits per heavy atom. The summed E-state index contributed by atoms with van der Waals surface area (Å²) in [5, 5.41) is 2.88. The van der Waals surface area contributed by atoms with Crippen molar-refractivity contribution in [3.8, 4) is 0 Å². The summed E-state index contributed by atoms with van der Waals surface area (Å²) in [6.07, 6.45) is 5.41. The number of hydrogen-bond acceptors (Lipinski definition) is 2. The monoisotopic (exact) mass is 247 g/mol. The summed E-state index contributed by atoms with van der Waals surface area (Å²) in [5.41, 5.74) is 0. The average Bonchev–Trinajstić information content (AvgIpc) is 2.90. The van der Waals surface area contributed by atoms with Crippen molar-refractivity contribution >= 4 is 12.0 Å². The van der Waals surface area contributed by atoms with Crippen LogP contribution in [0.4, 0.5) is 0 Å². The van der Waals surface area contributed by atoms with Crippen molar-refractivity contribution in [2.45, 2.75) is 45.6 Å². The van der Waals surface area contributed by atoms with E-state index in [1.54, 1.807) is 6.08 Å². The molecule has 0 spiro atoms. The van der Waals surface area contributed by atoms with Crippen LogP contribution in [0.2, 0.25) is 0 Å². The molecule has 3 heteroatoms. The fourth-order valence-corrected chi connectivity index (χ4v) is 1.93. The van der Waals surface area contributed by atoms with Crippen molar-refractivity contribution in [1.29, 1.82) is 0 Å². The molecule has 1 amide bonds. The molecule has 3 atom stereocenters. The number of hydrogen-bond donors (Lipinski definition) is 1. The highest BCUT2D eigenvalue weighted by molar-refractivity contribution is 5.91. The summed E-state index contributed by atoms with van der Waals surface area (Å²) in [6.45, 7) is 6.26. The van der Waals surface area contributed by atoms with Gasteiger partial charge in [0.05, 0.1) is 0 Å². The summed E-state index contributed by atoms with van der Waals surface area (Å²) in [4.78, 5) is 11.6. The molecule has 1 fully saturated rings. The van der Waals surface area contributed by atoms with E-state index in [4.69, 9.17) is 4.42 Å². The molecule has 2 rings (SSSR count). The Bertz CT molecular complexity index is 447. The minimum Gasteiger partial charge on any atom is -0.461 e. The Kier molecular flexibility index (Phi) is 3.90. The van der Waals surface area contributed by atoms with Gasteiger partial charge in [-0.05, 0) is 43.9 Å². The lowest BCUT2D eigenvalue weighted by molar-refractivity contribution is -0.117. The molecule has 1 aromatic heterocycles. The van der Waals surface area contributed by atoms with Crippen LogP contribution in [-0.4, -0.2) is 11.9 Å². The van der Waals surface area contributed by atoms with Crippen LogP contribution >= 0.6 is 0 Å². The van der Waals surface area contributed by atoms with Crippen LogP contribution in [0.25, 0.3) is 6.08 Å². The third-order valence-corrected chi connectivity index (χ3v) is 3.52. The van der Waals surface area contributed by atoms with Gasteiger partial charge in [-0.3, -0.25) is 4.79 Å². The van der Waals surface area contributed by atoms with E-state index in [2.05, 4.69) is 12.2 Å². The van der Waals surface area contributed by atoms with Crippen molar-refractivity contribution in [3.05, 3.63) is 29.7 Å². The van der Waals surface area contributed by atoms with Crippen molar-refractivity contribution in [2.24, 2.45) is 5.92 Å². The first-order valence-corrected chi connectivity index (χ1v) is 6.68. The van der Waals surface area contributed by atoms with Gasteiger partial charge in [-0.1, -0.05) is 13.8 Å². The number of amides is 1. The van der Waals surface area contributed by atoms with Crippen LogP contribution in [0.15, 0.2) is 22.6 Å². The van der Waals surface area contributed by atoms with E-state index < -0.39 is 0 Å². The molecule has 0 saturated heterocycles. The van der Waals surface area contributed by atoms with E-state index in [0.717, 1.165) is 23.9 Å². The van der Waals surface area contributed by atoms with Gasteiger partial charge >= 0.3 is 0 Å². The van der Waals surface area contributed by atoms with Gasteiger partial charge in [0.25, 0.3) is 0 Å². The molecule has 18 heavy (non-hydrogen) atoms. The summed E-state index contributed by atoms with van der Waals surface area (Å²) < 4.78 is 5.69. The smallest absolute Gasteiger partial charge is 0.244 e. The fraction of sp³-hybridized carbons (Fsp3) is 0.533. The lowest BCUT2D eigenvalue weighted by atomic mass is 10.2. The van der Waals surface area contributed by atoms with E-state index in [0.29, 0.717) is 5.92 Å². The van der Waals surface area contributed by atoms with Crippen LogP contribution in [0.1, 0.15) is 51.1 Å². The summed E-state index contributed by atoms with van der Waals surface area (Å²) in [5.74, 6) is 3.05. The van der Waals surface area contributed by atoms with Gasteiger partial charge in [0.15, 0.2) is 0 Å². The van der Waals surface area contributed by atoms with Gasteiger partial charge < -0.3 is 9.73 Å². The molecular formula is C15H21NO2. The fourth-order valence-electron chi connectivity index (χ4n) is 1.93. The van der Waals surface area contributed by atoms with E-state index in [1.165, 1.54) is 12.5 Å². The second-order valence-corrected chi connectivity index (χ2v) is 5.21. The van der Waals surface area contributed by atoms with E-state index in [1.807, 2.05) is 26.0 Å². The first-order valence-electron chi connectivity index (χ1n) is 6.68. The molecule has 1 aliphatic carbocycles. The first kappa shape index (κ1) is 12.9. The molecule has 1 aromatic rings. The van der Waals surface area contributed by atoms with Gasteiger partial charge in [0, 0.05) is 18.0 Å². The van der Waals surface area contributed by atoms with Crippen molar-refractivity contribution in [2.75, 3.05) is 0 Å². The van der Waals surface area contributed by atoms with E-state index >= 15 is 0 Å². The molecule has 0 unspecified atom stereocenters. The lowest BCUT2D eigenvalue weighted by Gasteiger charge is -2.08. The summed E-state index contributed by atoms with van der Waals surface area (Å²) in [6, 6.07) is 4.15. The second kappa shape index (κ2) is 5.42. The molecule has 3 nitrogen and oxygen atoms in total. The van der Waals surface area contributed by atoms with Gasteiger partial charge in [-0.2, -0.15) is 0 Å². The quantitative estimate of drug-likeness (QED) is 0.811. The standard InChI is InChI=1S/C15H21NO2/c1-4-11(3)16-15(17)8-6-12-5-7-14(18-12)13-9-10(13)2/h5-8,10-11,13H,4,9H2,1-3H3,(H,16,17)/b8-6+/t10-,11+,13+/m1/s1. The highest BCUT2D eigenvalue weighted by Gasteiger charge is 2.36. The maximum atomic E-state index is 11.6. The van der Waals surface area contributed by atoms with Crippen LogP contribution in [0.3, 0.4) is 0 Å². The van der Waals surface area contributed by atoms with Crippen molar-refractivity contribution < 1.29 is 9.21 Å². The van der Waals surface area contributed by atoms with E-state index in [9.17, 15) is 4.79 Å². The molecule has 1 saturated carbocycles. The van der Waals surface area contributed by atoms with Crippen LogP contribution in [-0.2, 0) is 4.79 Å². The summed E-state index contributed by atoms with van der Waals surface area (Å²) in [7, 11) is 0. The van der Waals surface area contributed by atoms with Crippen molar-refractivity contribution in [1.82, 2.24) is 5.32 Å². The molecular weight excluding hydrogens is 226 g/mol. The predicted molar refractivity (Wildman–Crippen MR) is 72.2 cm³/mol. The average molecular weight is 247 g/mol. The number of nitrogens with one attached hydrogen (secondary N) is 1. The highest BCUT2D eigenvalue weighted by Crippen LogP contribution is 2.47. The van der Waals surface area contributed by atoms with Crippen LogP contribution in [0, 0.1) is 5.92 Å². The van der Waals surface area contributed by atoms with Gasteiger partial charge in [-0.15, -0.1) is 0 Å². The molecule has 98 valence electrons. The van der Waals surface area contributed by atoms with Crippen molar-refractivity contribution in [3.63, 3.8) is 0 Å². The van der Waals surface area contributed by atoms with Crippen LogP contribution < -0.4 is 5.32 Å². The zero-order valence-electron chi connectivity index (χ0n) is 11.3. The molecule has 0 radical (unpaired) electrons. The Labute approximate surface area is 108 Å². The molecule has 1 aliphatic rings. The Morgan fingerprint density at radius 2 is 2.33 bits per heavy atom. The molecule has 1 N–H and O–H groups in total. The minimum absolute atomic E-state index is 0.0675. The number of furan rings is 1. The topological polar surface area (TPSA) is 42.2 Å².